The molecule has 0 saturated carbocycles. The number of amides is 1. The van der Waals surface area contributed by atoms with Gasteiger partial charge in [0.15, 0.2) is 0 Å². The van der Waals surface area contributed by atoms with Crippen molar-refractivity contribution in [1.82, 2.24) is 29.6 Å². The van der Waals surface area contributed by atoms with Crippen molar-refractivity contribution in [1.29, 1.82) is 0 Å². The normalized spacial score (nSPS) is 18.3. The van der Waals surface area contributed by atoms with E-state index in [9.17, 15) is 4.79 Å². The number of fused-ring (bicyclic) bond motifs is 4. The van der Waals surface area contributed by atoms with Crippen molar-refractivity contribution in [3.8, 4) is 22.8 Å². The number of ether oxygens (including phenoxy) is 2. The fraction of sp³-hybridized carbons (Fsp3) is 0.286. The lowest BCUT2D eigenvalue weighted by Crippen LogP contribution is -2.43. The molecule has 0 aliphatic carbocycles. The van der Waals surface area contributed by atoms with Crippen LogP contribution in [-0.4, -0.2) is 54.3 Å². The molecule has 4 heterocycles. The van der Waals surface area contributed by atoms with Gasteiger partial charge >= 0.3 is 0 Å². The monoisotopic (exact) mass is 530 g/mol. The van der Waals surface area contributed by atoms with Gasteiger partial charge in [-0.15, -0.1) is 0 Å². The maximum absolute atomic E-state index is 12.9. The maximum atomic E-state index is 12.9. The second-order valence-electron chi connectivity index (χ2n) is 9.29. The van der Waals surface area contributed by atoms with E-state index in [-0.39, 0.29) is 11.9 Å². The van der Waals surface area contributed by atoms with Crippen LogP contribution in [0.1, 0.15) is 16.1 Å². The van der Waals surface area contributed by atoms with Gasteiger partial charge in [-0.25, -0.2) is 4.72 Å². The number of benzene rings is 2. The summed E-state index contributed by atoms with van der Waals surface area (Å²) in [5.74, 6) is 1.37. The Bertz CT molecular complexity index is 1430. The SMILES string of the molecule is O=C1NSNCCNCCNC2COc3cccc(OCc4ccccn4)c3-c3cc4ccc1cc4n3C2. The summed E-state index contributed by atoms with van der Waals surface area (Å²) in [5.41, 5.74) is 4.35. The molecule has 2 aliphatic heterocycles. The molecule has 6 rings (SSSR count). The number of rotatable bonds is 3. The van der Waals surface area contributed by atoms with Crippen LogP contribution in [0.15, 0.2) is 66.9 Å². The number of aromatic nitrogens is 2. The largest absolute Gasteiger partial charge is 0.491 e. The minimum absolute atomic E-state index is 0.0801. The van der Waals surface area contributed by atoms with Gasteiger partial charge in [0.25, 0.3) is 5.91 Å². The Morgan fingerprint density at radius 3 is 2.92 bits per heavy atom. The minimum atomic E-state index is -0.136. The molecule has 4 N–H and O–H groups in total. The first-order valence-corrected chi connectivity index (χ1v) is 13.6. The lowest BCUT2D eigenvalue weighted by atomic mass is 10.1. The van der Waals surface area contributed by atoms with Gasteiger partial charge in [0.2, 0.25) is 0 Å². The Morgan fingerprint density at radius 2 is 2.00 bits per heavy atom. The highest BCUT2D eigenvalue weighted by atomic mass is 32.2. The number of hydrogen-bond donors (Lipinski definition) is 4. The molecule has 2 aromatic carbocycles. The van der Waals surface area contributed by atoms with Crippen molar-refractivity contribution in [2.45, 2.75) is 19.2 Å². The van der Waals surface area contributed by atoms with Gasteiger partial charge in [0.1, 0.15) is 24.7 Å². The predicted octanol–water partition coefficient (Wildman–Crippen LogP) is 3.12. The molecule has 2 aromatic heterocycles. The molecule has 1 amide bonds. The zero-order chi connectivity index (χ0) is 25.7. The Labute approximate surface area is 225 Å². The standard InChI is InChI=1S/C28H30N6O3S/c35-28-20-8-7-19-14-24-27-25(36-17-21-4-1-2-9-30-21)5-3-6-26(27)37-18-22(16-34(24)23(19)15-20)31-12-10-29-11-13-32-38-33-28/h1-9,14-15,22,29,31-32H,10-13,16-18H2,(H,33,35). The molecule has 1 atom stereocenters. The molecule has 0 spiro atoms. The molecule has 38 heavy (non-hydrogen) atoms. The molecular weight excluding hydrogens is 500 g/mol. The van der Waals surface area contributed by atoms with Crippen molar-refractivity contribution in [2.75, 3.05) is 32.8 Å². The second kappa shape index (κ2) is 11.4. The van der Waals surface area contributed by atoms with Gasteiger partial charge in [0, 0.05) is 67.5 Å². The average molecular weight is 531 g/mol. The summed E-state index contributed by atoms with van der Waals surface area (Å²) in [6.07, 6.45) is 1.77. The first-order chi connectivity index (χ1) is 18.8. The zero-order valence-electron chi connectivity index (χ0n) is 20.9. The number of pyridine rings is 1. The van der Waals surface area contributed by atoms with E-state index in [1.807, 2.05) is 54.6 Å². The van der Waals surface area contributed by atoms with Crippen molar-refractivity contribution in [3.05, 3.63) is 78.1 Å². The summed E-state index contributed by atoms with van der Waals surface area (Å²) < 4.78 is 21.0. The summed E-state index contributed by atoms with van der Waals surface area (Å²) in [6, 6.07) is 19.8. The molecule has 0 fully saturated rings. The average Bonchev–Trinajstić information content (AvgIpc) is 3.28. The van der Waals surface area contributed by atoms with Crippen LogP contribution in [0.5, 0.6) is 11.5 Å². The van der Waals surface area contributed by atoms with Crippen LogP contribution < -0.4 is 29.6 Å². The van der Waals surface area contributed by atoms with Crippen LogP contribution in [0.3, 0.4) is 0 Å². The lowest BCUT2D eigenvalue weighted by Gasteiger charge is -2.27. The van der Waals surface area contributed by atoms with Gasteiger partial charge in [-0.2, -0.15) is 0 Å². The summed E-state index contributed by atoms with van der Waals surface area (Å²) in [7, 11) is 0. The van der Waals surface area contributed by atoms with E-state index in [1.165, 1.54) is 12.1 Å². The first-order valence-electron chi connectivity index (χ1n) is 12.8. The highest BCUT2D eigenvalue weighted by Gasteiger charge is 2.25. The molecular formula is C28H30N6O3S. The van der Waals surface area contributed by atoms with E-state index in [0.717, 1.165) is 65.5 Å². The lowest BCUT2D eigenvalue weighted by molar-refractivity contribution is 0.0984. The zero-order valence-corrected chi connectivity index (χ0v) is 21.7. The number of carbonyl (C=O) groups excluding carboxylic acids is 1. The van der Waals surface area contributed by atoms with E-state index in [1.54, 1.807) is 6.20 Å². The molecule has 196 valence electrons. The number of nitrogens with one attached hydrogen (secondary N) is 4. The third-order valence-corrected chi connectivity index (χ3v) is 7.35. The number of carbonyl (C=O) groups is 1. The highest BCUT2D eigenvalue weighted by molar-refractivity contribution is 7.96. The third kappa shape index (κ3) is 5.34. The van der Waals surface area contributed by atoms with E-state index in [0.29, 0.717) is 25.3 Å². The van der Waals surface area contributed by atoms with Gasteiger partial charge in [-0.3, -0.25) is 14.5 Å². The molecule has 4 aromatic rings. The van der Waals surface area contributed by atoms with Gasteiger partial charge < -0.3 is 24.7 Å². The van der Waals surface area contributed by atoms with E-state index in [4.69, 9.17) is 9.47 Å². The van der Waals surface area contributed by atoms with E-state index >= 15 is 0 Å². The highest BCUT2D eigenvalue weighted by Crippen LogP contribution is 2.42. The van der Waals surface area contributed by atoms with Gasteiger partial charge in [0.05, 0.1) is 23.0 Å². The number of nitrogens with zero attached hydrogens (tertiary/aromatic N) is 2. The summed E-state index contributed by atoms with van der Waals surface area (Å²) in [4.78, 5) is 17.3. The topological polar surface area (TPSA) is 101 Å². The summed E-state index contributed by atoms with van der Waals surface area (Å²) in [5, 5.41) is 8.12. The molecule has 10 heteroatoms. The molecule has 1 unspecified atom stereocenters. The Kier molecular flexibility index (Phi) is 7.45. The Morgan fingerprint density at radius 1 is 1.05 bits per heavy atom. The number of hydrogen-bond acceptors (Lipinski definition) is 8. The van der Waals surface area contributed by atoms with Gasteiger partial charge in [-0.05, 0) is 42.5 Å². The van der Waals surface area contributed by atoms with Crippen molar-refractivity contribution in [3.63, 3.8) is 0 Å². The van der Waals surface area contributed by atoms with Crippen LogP contribution >= 0.6 is 12.1 Å². The molecule has 0 radical (unpaired) electrons. The molecule has 0 saturated heterocycles. The molecule has 4 bridgehead atoms. The van der Waals surface area contributed by atoms with Crippen LogP contribution in [0, 0.1) is 0 Å². The Balaban J connectivity index is 1.43. The minimum Gasteiger partial charge on any atom is -0.491 e. The Hall–Kier alpha value is -3.57. The fourth-order valence-electron chi connectivity index (χ4n) is 4.85. The first kappa shape index (κ1) is 24.7. The molecule has 9 nitrogen and oxygen atoms in total. The quantitative estimate of drug-likeness (QED) is 0.300. The molecule has 2 aliphatic rings. The second-order valence-corrected chi connectivity index (χ2v) is 9.99. The van der Waals surface area contributed by atoms with Crippen LogP contribution in [0.2, 0.25) is 0 Å². The van der Waals surface area contributed by atoms with E-state index < -0.39 is 0 Å². The maximum Gasteiger partial charge on any atom is 0.262 e. The van der Waals surface area contributed by atoms with Gasteiger partial charge in [-0.1, -0.05) is 18.2 Å². The van der Waals surface area contributed by atoms with Crippen LogP contribution in [-0.2, 0) is 13.2 Å². The summed E-state index contributed by atoms with van der Waals surface area (Å²) in [6.45, 7) is 4.74. The predicted molar refractivity (Wildman–Crippen MR) is 149 cm³/mol. The third-order valence-electron chi connectivity index (χ3n) is 6.71. The summed E-state index contributed by atoms with van der Waals surface area (Å²) >= 11 is 1.21. The van der Waals surface area contributed by atoms with Crippen molar-refractivity contribution in [2.24, 2.45) is 0 Å². The van der Waals surface area contributed by atoms with Crippen molar-refractivity contribution >= 4 is 28.9 Å². The fourth-order valence-corrected chi connectivity index (χ4v) is 5.33. The van der Waals surface area contributed by atoms with Crippen LogP contribution in [0.25, 0.3) is 22.2 Å². The van der Waals surface area contributed by atoms with E-state index in [2.05, 4.69) is 35.7 Å². The van der Waals surface area contributed by atoms with Crippen molar-refractivity contribution < 1.29 is 14.3 Å². The smallest absolute Gasteiger partial charge is 0.262 e. The van der Waals surface area contributed by atoms with Crippen LogP contribution in [0.4, 0.5) is 0 Å².